The Kier molecular flexibility index (Phi) is 5.08. The minimum absolute atomic E-state index is 0.507. The summed E-state index contributed by atoms with van der Waals surface area (Å²) in [5, 5.41) is 34.8. The highest BCUT2D eigenvalue weighted by Gasteiger charge is 2.27. The normalized spacial score (nSPS) is 15.9. The molecule has 0 aromatic carbocycles. The highest BCUT2D eigenvalue weighted by Crippen LogP contribution is 2.09. The van der Waals surface area contributed by atoms with Crippen molar-refractivity contribution in [1.29, 1.82) is 5.39 Å². The number of nitrogens with two attached hydrogens (primary N) is 1. The van der Waals surface area contributed by atoms with Crippen LogP contribution in [0.5, 0.6) is 0 Å². The van der Waals surface area contributed by atoms with Crippen LogP contribution in [-0.2, 0) is 9.53 Å². The number of aliphatic hydroxyl groups excluding tert-OH is 2. The van der Waals surface area contributed by atoms with Crippen molar-refractivity contribution in [2.24, 2.45) is 5.73 Å². The second-order valence-electron chi connectivity index (χ2n) is 2.72. The zero-order valence-corrected chi connectivity index (χ0v) is 7.99. The highest BCUT2D eigenvalue weighted by atomic mass is 16.6. The van der Waals surface area contributed by atoms with E-state index in [0.717, 1.165) is 0 Å². The van der Waals surface area contributed by atoms with E-state index < -0.39 is 36.4 Å². The van der Waals surface area contributed by atoms with Crippen molar-refractivity contribution in [1.82, 2.24) is 0 Å². The fourth-order valence-electron chi connectivity index (χ4n) is 0.619. The van der Waals surface area contributed by atoms with Crippen LogP contribution in [0.4, 0.5) is 0 Å². The molecule has 0 saturated carbocycles. The Bertz CT molecular complexity index is 306. The zero-order chi connectivity index (χ0) is 12.0. The predicted octanol–water partition coefficient (Wildman–Crippen LogP) is -0.624. The Morgan fingerprint density at radius 2 is 2.13 bits per heavy atom. The average Bonchev–Trinajstić information content (AvgIpc) is 2.14. The molecule has 2 atom stereocenters. The smallest absolute Gasteiger partial charge is 0.468 e. The Morgan fingerprint density at radius 1 is 1.60 bits per heavy atom. The molecule has 0 aliphatic rings. The zero-order valence-electron chi connectivity index (χ0n) is 7.99. The number of carbonyl (C=O) groups is 1. The van der Waals surface area contributed by atoms with E-state index in [9.17, 15) is 4.79 Å². The van der Waals surface area contributed by atoms with Gasteiger partial charge >= 0.3 is 17.6 Å². The molecule has 0 spiro atoms. The maximum atomic E-state index is 10.3. The highest BCUT2D eigenvalue weighted by molar-refractivity contribution is 5.73. The molecular weight excluding hydrogens is 206 g/mol. The quantitative estimate of drug-likeness (QED) is 0.355. The molecule has 0 aliphatic heterocycles. The molecule has 0 saturated heterocycles. The number of ether oxygens (including phenoxy) is 1. The van der Waals surface area contributed by atoms with E-state index in [1.54, 1.807) is 0 Å². The number of carboxylic acid groups (broad SMARTS) is 1. The van der Waals surface area contributed by atoms with Gasteiger partial charge in [-0.15, -0.1) is 0 Å². The molecule has 84 valence electrons. The Balaban J connectivity index is 4.42. The standard InChI is InChI=1S/C7H11N3O5/c1-3(11)5(10-9)7(14)15-2-4(8)6(12)13/h3-4,11H,2,8H2,1H3,(H-,12,13,14)/p+1/b7-5+/t3-,4+/m1/s1. The molecule has 0 amide bonds. The molecule has 15 heavy (non-hydrogen) atoms. The van der Waals surface area contributed by atoms with Crippen LogP contribution in [0.1, 0.15) is 6.92 Å². The third-order valence-corrected chi connectivity index (χ3v) is 1.44. The van der Waals surface area contributed by atoms with E-state index in [4.69, 9.17) is 26.4 Å². The Morgan fingerprint density at radius 3 is 2.47 bits per heavy atom. The number of hydrogen-bond acceptors (Lipinski definition) is 6. The molecule has 8 heteroatoms. The Labute approximate surface area is 85.2 Å². The summed E-state index contributed by atoms with van der Waals surface area (Å²) < 4.78 is 4.50. The van der Waals surface area contributed by atoms with Crippen molar-refractivity contribution in [2.45, 2.75) is 19.1 Å². The molecule has 5 N–H and O–H groups in total. The van der Waals surface area contributed by atoms with Crippen molar-refractivity contribution in [2.75, 3.05) is 6.61 Å². The van der Waals surface area contributed by atoms with E-state index in [2.05, 4.69) is 9.71 Å². The lowest BCUT2D eigenvalue weighted by Gasteiger charge is -2.06. The van der Waals surface area contributed by atoms with Crippen molar-refractivity contribution in [3.63, 3.8) is 0 Å². The summed E-state index contributed by atoms with van der Waals surface area (Å²) in [5.41, 5.74) is 4.56. The monoisotopic (exact) mass is 218 g/mol. The number of aliphatic hydroxyl groups is 2. The van der Waals surface area contributed by atoms with Crippen molar-refractivity contribution < 1.29 is 24.9 Å². The molecule has 0 aromatic rings. The number of nitrogens with zero attached hydrogens (tertiary/aromatic N) is 2. The third kappa shape index (κ3) is 4.26. The van der Waals surface area contributed by atoms with Gasteiger partial charge < -0.3 is 25.8 Å². The van der Waals surface area contributed by atoms with Gasteiger partial charge in [-0.1, -0.05) is 0 Å². The molecular formula is C7H12N3O5+. The van der Waals surface area contributed by atoms with Gasteiger partial charge in [-0.3, -0.25) is 4.79 Å². The lowest BCUT2D eigenvalue weighted by molar-refractivity contribution is -0.139. The van der Waals surface area contributed by atoms with Gasteiger partial charge in [0.25, 0.3) is 0 Å². The van der Waals surface area contributed by atoms with Gasteiger partial charge in [-0.25, -0.2) is 0 Å². The van der Waals surface area contributed by atoms with Gasteiger partial charge in [0.2, 0.25) is 5.39 Å². The van der Waals surface area contributed by atoms with Crippen LogP contribution in [0, 0.1) is 5.39 Å². The predicted molar refractivity (Wildman–Crippen MR) is 48.0 cm³/mol. The first-order valence-corrected chi connectivity index (χ1v) is 3.97. The molecule has 0 aromatic heterocycles. The summed E-state index contributed by atoms with van der Waals surface area (Å²) in [4.78, 5) is 12.8. The third-order valence-electron chi connectivity index (χ3n) is 1.44. The lowest BCUT2D eigenvalue weighted by atomic mass is 10.3. The molecule has 0 aliphatic carbocycles. The van der Waals surface area contributed by atoms with Crippen LogP contribution in [0.15, 0.2) is 11.6 Å². The van der Waals surface area contributed by atoms with Gasteiger partial charge in [-0.05, 0) is 6.92 Å². The molecule has 0 heterocycles. The van der Waals surface area contributed by atoms with Gasteiger partial charge in [0.05, 0.1) is 0 Å². The van der Waals surface area contributed by atoms with Crippen LogP contribution in [0.3, 0.4) is 0 Å². The largest absolute Gasteiger partial charge is 0.480 e. The van der Waals surface area contributed by atoms with Gasteiger partial charge in [0, 0.05) is 0 Å². The summed E-state index contributed by atoms with van der Waals surface area (Å²) in [6.45, 7) is 0.721. The van der Waals surface area contributed by atoms with Crippen molar-refractivity contribution >= 4 is 5.97 Å². The van der Waals surface area contributed by atoms with Crippen molar-refractivity contribution in [3.8, 4) is 0 Å². The molecule has 0 unspecified atom stereocenters. The molecule has 0 rings (SSSR count). The number of hydrogen-bond donors (Lipinski definition) is 4. The minimum Gasteiger partial charge on any atom is -0.480 e. The molecule has 0 radical (unpaired) electrons. The average molecular weight is 218 g/mol. The first kappa shape index (κ1) is 13.2. The van der Waals surface area contributed by atoms with Crippen molar-refractivity contribution in [3.05, 3.63) is 16.6 Å². The number of diazo groups is 1. The van der Waals surface area contributed by atoms with Crippen LogP contribution in [-0.4, -0.2) is 40.0 Å². The van der Waals surface area contributed by atoms with Gasteiger partial charge in [-0.2, -0.15) is 0 Å². The van der Waals surface area contributed by atoms with E-state index in [0.29, 0.717) is 0 Å². The molecule has 0 fully saturated rings. The SMILES string of the molecule is C[C@@H](O)/C([N+]#N)=C(/O)OC[C@H](N)C(=O)O. The number of aliphatic carboxylic acids is 1. The van der Waals surface area contributed by atoms with E-state index in [1.165, 1.54) is 6.92 Å². The van der Waals surface area contributed by atoms with Gasteiger partial charge in [0.1, 0.15) is 12.6 Å². The minimum atomic E-state index is -1.32. The topological polar surface area (TPSA) is 141 Å². The van der Waals surface area contributed by atoms with E-state index in [-0.39, 0.29) is 0 Å². The fourth-order valence-corrected chi connectivity index (χ4v) is 0.619. The summed E-state index contributed by atoms with van der Waals surface area (Å²) in [6.07, 6.45) is -1.25. The van der Waals surface area contributed by atoms with Crippen LogP contribution in [0.2, 0.25) is 0 Å². The van der Waals surface area contributed by atoms with E-state index >= 15 is 0 Å². The van der Waals surface area contributed by atoms with E-state index in [1.807, 2.05) is 0 Å². The number of rotatable bonds is 5. The summed E-state index contributed by atoms with van der Waals surface area (Å²) in [5.74, 6) is -2.17. The fraction of sp³-hybridized carbons (Fsp3) is 0.571. The van der Waals surface area contributed by atoms with Crippen LogP contribution < -0.4 is 5.73 Å². The second kappa shape index (κ2) is 5.79. The number of carboxylic acids is 1. The lowest BCUT2D eigenvalue weighted by Crippen LogP contribution is -2.35. The van der Waals surface area contributed by atoms with Gasteiger partial charge in [0.15, 0.2) is 11.1 Å². The Hall–Kier alpha value is -1.85. The van der Waals surface area contributed by atoms with Crippen LogP contribution in [0.25, 0.3) is 4.98 Å². The maximum absolute atomic E-state index is 10.3. The summed E-state index contributed by atoms with van der Waals surface area (Å²) in [7, 11) is 0. The molecule has 0 bridgehead atoms. The summed E-state index contributed by atoms with van der Waals surface area (Å²) >= 11 is 0. The molecule has 8 nitrogen and oxygen atoms in total. The summed E-state index contributed by atoms with van der Waals surface area (Å²) in [6, 6.07) is -1.32. The maximum Gasteiger partial charge on any atom is 0.468 e. The first-order valence-electron chi connectivity index (χ1n) is 3.97. The van der Waals surface area contributed by atoms with Crippen LogP contribution >= 0.6 is 0 Å². The first-order chi connectivity index (χ1) is 6.90. The second-order valence-corrected chi connectivity index (χ2v) is 2.72.